The second-order valence-electron chi connectivity index (χ2n) is 15.5. The van der Waals surface area contributed by atoms with E-state index in [1.807, 2.05) is 48.5 Å². The van der Waals surface area contributed by atoms with Gasteiger partial charge in [0.2, 0.25) is 11.8 Å². The molecule has 2 atom stereocenters. The van der Waals surface area contributed by atoms with E-state index in [1.54, 1.807) is 72.7 Å². The van der Waals surface area contributed by atoms with Gasteiger partial charge >= 0.3 is 0 Å². The number of nitrogens with zero attached hydrogens (tertiary/aromatic N) is 6. The molecule has 0 unspecified atom stereocenters. The first-order valence-corrected chi connectivity index (χ1v) is 21.2. The second kappa shape index (κ2) is 16.3. The Bertz CT molecular complexity index is 3120. The highest BCUT2D eigenvalue weighted by atomic mass is 35.5. The number of benzene rings is 4. The monoisotopic (exact) mass is 880 g/mol. The van der Waals surface area contributed by atoms with Crippen molar-refractivity contribution < 1.29 is 28.3 Å². The third-order valence-corrected chi connectivity index (χ3v) is 12.2. The van der Waals surface area contributed by atoms with Crippen molar-refractivity contribution in [1.82, 2.24) is 34.7 Å². The van der Waals surface area contributed by atoms with Crippen LogP contribution in [0.2, 0.25) is 10.3 Å². The number of fused-ring (bicyclic) bond motifs is 3. The van der Waals surface area contributed by atoms with Gasteiger partial charge in [0, 0.05) is 51.4 Å². The smallest absolute Gasteiger partial charge is 0.273 e. The van der Waals surface area contributed by atoms with E-state index < -0.39 is 6.04 Å². The number of aromatic amines is 1. The van der Waals surface area contributed by atoms with Crippen molar-refractivity contribution in [2.75, 3.05) is 32.6 Å². The molecule has 3 amide bonds. The minimum absolute atomic E-state index is 0.161. The quantitative estimate of drug-likeness (QED) is 0.133. The summed E-state index contributed by atoms with van der Waals surface area (Å²) in [6, 6.07) is 26.2. The molecular formula is C47H38Cl2N8O6. The van der Waals surface area contributed by atoms with Gasteiger partial charge in [-0.05, 0) is 92.4 Å². The number of carbonyl (C=O) groups excluding carboxylic acids is 3. The van der Waals surface area contributed by atoms with Crippen molar-refractivity contribution in [2.24, 2.45) is 0 Å². The van der Waals surface area contributed by atoms with Crippen molar-refractivity contribution in [3.8, 4) is 34.3 Å². The molecule has 0 saturated carbocycles. The molecule has 6 heterocycles. The van der Waals surface area contributed by atoms with Crippen molar-refractivity contribution in [2.45, 2.75) is 37.8 Å². The summed E-state index contributed by atoms with van der Waals surface area (Å²) in [6.45, 7) is 0.963. The number of rotatable bonds is 9. The highest BCUT2D eigenvalue weighted by molar-refractivity contribution is 6.31. The number of nitrogens with one attached hydrogen (secondary N) is 2. The highest BCUT2D eigenvalue weighted by Gasteiger charge is 2.37. The maximum Gasteiger partial charge on any atom is 0.273 e. The molecule has 0 radical (unpaired) electrons. The highest BCUT2D eigenvalue weighted by Crippen LogP contribution is 2.37. The van der Waals surface area contributed by atoms with Crippen molar-refractivity contribution in [3.63, 3.8) is 0 Å². The lowest BCUT2D eigenvalue weighted by atomic mass is 10.1. The molecule has 0 bridgehead atoms. The average molecular weight is 882 g/mol. The number of likely N-dealkylation sites (tertiary alicyclic amines) is 2. The predicted molar refractivity (Wildman–Crippen MR) is 239 cm³/mol. The van der Waals surface area contributed by atoms with Gasteiger partial charge < -0.3 is 34.0 Å². The summed E-state index contributed by atoms with van der Waals surface area (Å²) in [6.07, 6.45) is 4.39. The largest absolute Gasteiger partial charge is 0.496 e. The predicted octanol–water partition coefficient (Wildman–Crippen LogP) is 9.53. The van der Waals surface area contributed by atoms with Gasteiger partial charge in [-0.25, -0.2) is 19.9 Å². The van der Waals surface area contributed by atoms with Crippen LogP contribution in [0.4, 0.5) is 5.69 Å². The van der Waals surface area contributed by atoms with Crippen molar-refractivity contribution in [1.29, 1.82) is 0 Å². The van der Waals surface area contributed by atoms with Gasteiger partial charge in [0.25, 0.3) is 11.8 Å². The summed E-state index contributed by atoms with van der Waals surface area (Å²) < 4.78 is 17.2. The summed E-state index contributed by atoms with van der Waals surface area (Å²) in [7, 11) is 3.14. The van der Waals surface area contributed by atoms with Gasteiger partial charge in [-0.15, -0.1) is 0 Å². The van der Waals surface area contributed by atoms with Crippen LogP contribution in [-0.4, -0.2) is 85.8 Å². The van der Waals surface area contributed by atoms with Gasteiger partial charge in [-0.3, -0.25) is 14.4 Å². The number of amides is 3. The Morgan fingerprint density at radius 3 is 2.02 bits per heavy atom. The zero-order chi connectivity index (χ0) is 43.4. The van der Waals surface area contributed by atoms with Gasteiger partial charge in [0.05, 0.1) is 37.5 Å². The number of hydrogen-bond acceptors (Lipinski definition) is 10. The van der Waals surface area contributed by atoms with Crippen LogP contribution in [0.1, 0.15) is 58.5 Å². The molecule has 2 aliphatic rings. The van der Waals surface area contributed by atoms with Crippen molar-refractivity contribution in [3.05, 3.63) is 125 Å². The Morgan fingerprint density at radius 2 is 1.35 bits per heavy atom. The number of imidazole rings is 1. The molecule has 8 aromatic rings. The van der Waals surface area contributed by atoms with E-state index in [2.05, 4.69) is 25.3 Å². The Kier molecular flexibility index (Phi) is 10.4. The number of pyridine rings is 2. The second-order valence-corrected chi connectivity index (χ2v) is 16.2. The number of halogens is 2. The zero-order valence-corrected chi connectivity index (χ0v) is 35.5. The first kappa shape index (κ1) is 40.1. The van der Waals surface area contributed by atoms with E-state index in [0.717, 1.165) is 34.8 Å². The molecular weight excluding hydrogens is 843 g/mol. The normalized spacial score (nSPS) is 16.3. The van der Waals surface area contributed by atoms with Gasteiger partial charge in [-0.2, -0.15) is 0 Å². The molecule has 63 heavy (non-hydrogen) atoms. The summed E-state index contributed by atoms with van der Waals surface area (Å²) in [5, 5.41) is 6.00. The van der Waals surface area contributed by atoms with E-state index in [9.17, 15) is 14.4 Å². The maximum atomic E-state index is 14.1. The van der Waals surface area contributed by atoms with Crippen LogP contribution in [0.5, 0.6) is 11.5 Å². The molecule has 316 valence electrons. The van der Waals surface area contributed by atoms with Crippen LogP contribution in [0.3, 0.4) is 0 Å². The number of methoxy groups -OCH3 is 2. The molecule has 2 fully saturated rings. The van der Waals surface area contributed by atoms with E-state index in [1.165, 1.54) is 0 Å². The Hall–Kier alpha value is -7.03. The van der Waals surface area contributed by atoms with Gasteiger partial charge in [0.1, 0.15) is 45.1 Å². The third kappa shape index (κ3) is 7.34. The molecule has 2 N–H and O–H groups in total. The third-order valence-electron chi connectivity index (χ3n) is 11.8. The molecule has 14 nitrogen and oxygen atoms in total. The van der Waals surface area contributed by atoms with Crippen LogP contribution in [0.15, 0.2) is 102 Å². The zero-order valence-electron chi connectivity index (χ0n) is 34.0. The Balaban J connectivity index is 0.825. The van der Waals surface area contributed by atoms with Crippen LogP contribution >= 0.6 is 23.2 Å². The van der Waals surface area contributed by atoms with Crippen LogP contribution in [0, 0.1) is 0 Å². The van der Waals surface area contributed by atoms with Crippen LogP contribution in [0.25, 0.3) is 55.4 Å². The van der Waals surface area contributed by atoms with Gasteiger partial charge in [0.15, 0.2) is 5.76 Å². The minimum atomic E-state index is -0.687. The SMILES string of the molecule is COc1cccc2c(C(=O)N3CCC[C@@H]3C(=O)Nc3ccc(-c4ncc(-c5ccc6nc([C@@H]7CCCN7C(=O)c7nc(Cl)cc8c(OC)cccc78)[nH]c6c5)o4)cc3)nc(Cl)cc12. The summed E-state index contributed by atoms with van der Waals surface area (Å²) in [4.78, 5) is 66.7. The number of hydrogen-bond donors (Lipinski definition) is 2. The Morgan fingerprint density at radius 1 is 0.730 bits per heavy atom. The van der Waals surface area contributed by atoms with E-state index in [4.69, 9.17) is 42.1 Å². The number of carbonyl (C=O) groups is 3. The molecule has 16 heteroatoms. The standard InChI is InChI=1S/C47H38Cl2N8O6/c1-61-36-11-3-7-28-30(36)22-39(48)54-41(28)46(59)56-19-5-9-34(56)43-52-32-18-15-26(21-33(32)53-43)38-24-50-45(63-38)25-13-16-27(17-14-25)51-44(58)35-10-6-20-57(35)47(60)42-29-8-4-12-37(62-2)31(29)23-40(49)55-42/h3-4,7-8,11-18,21-24,34-35H,5-6,9-10,19-20H2,1-2H3,(H,51,58)(H,52,53)/t34-,35+/m0/s1. The lowest BCUT2D eigenvalue weighted by Gasteiger charge is -2.24. The summed E-state index contributed by atoms with van der Waals surface area (Å²) in [5.74, 6) is 1.94. The number of H-pyrrole nitrogens is 1. The molecule has 4 aromatic carbocycles. The topological polar surface area (TPSA) is 169 Å². The first-order valence-electron chi connectivity index (χ1n) is 20.4. The molecule has 0 aliphatic carbocycles. The minimum Gasteiger partial charge on any atom is -0.496 e. The lowest BCUT2D eigenvalue weighted by Crippen LogP contribution is -2.43. The summed E-state index contributed by atoms with van der Waals surface area (Å²) in [5.41, 5.74) is 4.05. The fourth-order valence-electron chi connectivity index (χ4n) is 8.77. The van der Waals surface area contributed by atoms with Crippen LogP contribution in [-0.2, 0) is 4.79 Å². The molecule has 4 aromatic heterocycles. The van der Waals surface area contributed by atoms with E-state index in [0.29, 0.717) is 82.3 Å². The van der Waals surface area contributed by atoms with E-state index >= 15 is 0 Å². The first-order chi connectivity index (χ1) is 30.7. The fourth-order valence-corrected chi connectivity index (χ4v) is 9.16. The fraction of sp³-hybridized carbons (Fsp3) is 0.213. The number of ether oxygens (including phenoxy) is 2. The van der Waals surface area contributed by atoms with Gasteiger partial charge in [-0.1, -0.05) is 47.5 Å². The molecule has 10 rings (SSSR count). The lowest BCUT2D eigenvalue weighted by molar-refractivity contribution is -0.119. The van der Waals surface area contributed by atoms with E-state index in [-0.39, 0.29) is 45.5 Å². The Labute approximate surface area is 370 Å². The molecule has 0 spiro atoms. The van der Waals surface area contributed by atoms with Crippen molar-refractivity contribution >= 4 is 79.2 Å². The van der Waals surface area contributed by atoms with Crippen LogP contribution < -0.4 is 14.8 Å². The number of oxazole rings is 1. The average Bonchev–Trinajstić information content (AvgIpc) is 4.15. The molecule has 2 aliphatic heterocycles. The maximum absolute atomic E-state index is 14.1. The number of anilines is 1. The summed E-state index contributed by atoms with van der Waals surface area (Å²) >= 11 is 12.7. The number of aromatic nitrogens is 5. The molecule has 2 saturated heterocycles.